The number of nitrogens with zero attached hydrogens (tertiary/aromatic N) is 3. The first kappa shape index (κ1) is 9.84. The van der Waals surface area contributed by atoms with Crippen LogP contribution in [0.15, 0.2) is 9.27 Å². The van der Waals surface area contributed by atoms with Crippen LogP contribution in [-0.4, -0.2) is 30.7 Å². The molecule has 0 saturated carbocycles. The molecule has 0 saturated heterocycles. The second kappa shape index (κ2) is 3.16. The first-order valence-electron chi connectivity index (χ1n) is 3.89. The number of aromatic nitrogens is 4. The van der Waals surface area contributed by atoms with Gasteiger partial charge in [-0.05, 0) is 22.9 Å². The average molecular weight is 273 g/mol. The minimum atomic E-state index is -1.24. The van der Waals surface area contributed by atoms with Crippen molar-refractivity contribution in [2.45, 2.75) is 6.92 Å². The normalized spacial score (nSPS) is 10.8. The minimum absolute atomic E-state index is 0.0399. The molecule has 2 aromatic heterocycles. The first-order valence-corrected chi connectivity index (χ1v) is 4.68. The smallest absolute Gasteiger partial charge is 0.373 e. The van der Waals surface area contributed by atoms with Crippen molar-refractivity contribution in [2.75, 3.05) is 0 Å². The lowest BCUT2D eigenvalue weighted by molar-refractivity contribution is 0.0684. The van der Waals surface area contributed by atoms with E-state index in [4.69, 9.17) is 5.11 Å². The maximum Gasteiger partial charge on any atom is 0.373 e. The summed E-state index contributed by atoms with van der Waals surface area (Å²) in [5.74, 6) is -1.52. The van der Waals surface area contributed by atoms with Gasteiger partial charge in [0.15, 0.2) is 0 Å². The van der Waals surface area contributed by atoms with Crippen molar-refractivity contribution >= 4 is 27.7 Å². The molecule has 8 heteroatoms. The van der Waals surface area contributed by atoms with Crippen LogP contribution >= 0.6 is 15.9 Å². The topological polar surface area (TPSA) is 100 Å². The van der Waals surface area contributed by atoms with Crippen molar-refractivity contribution in [3.63, 3.8) is 0 Å². The zero-order valence-corrected chi connectivity index (χ0v) is 9.07. The van der Waals surface area contributed by atoms with Gasteiger partial charge in [0.25, 0.3) is 11.3 Å². The highest BCUT2D eigenvalue weighted by Gasteiger charge is 2.14. The van der Waals surface area contributed by atoms with Crippen molar-refractivity contribution in [1.29, 1.82) is 0 Å². The summed E-state index contributed by atoms with van der Waals surface area (Å²) in [6.07, 6.45) is 0. The van der Waals surface area contributed by atoms with Gasteiger partial charge in [-0.3, -0.25) is 9.89 Å². The van der Waals surface area contributed by atoms with Crippen LogP contribution in [0.4, 0.5) is 0 Å². The molecular formula is C7H5BrN4O3. The zero-order valence-electron chi connectivity index (χ0n) is 7.48. The Kier molecular flexibility index (Phi) is 2.07. The Bertz CT molecular complexity index is 614. The molecule has 2 aromatic rings. The number of H-pyrrole nitrogens is 1. The van der Waals surface area contributed by atoms with E-state index in [0.717, 1.165) is 4.52 Å². The van der Waals surface area contributed by atoms with Crippen LogP contribution in [0.3, 0.4) is 0 Å². The fourth-order valence-electron chi connectivity index (χ4n) is 1.10. The van der Waals surface area contributed by atoms with E-state index < -0.39 is 11.5 Å². The van der Waals surface area contributed by atoms with Crippen LogP contribution in [-0.2, 0) is 0 Å². The van der Waals surface area contributed by atoms with Gasteiger partial charge in [-0.15, -0.1) is 0 Å². The molecular weight excluding hydrogens is 268 g/mol. The molecule has 0 aliphatic rings. The monoisotopic (exact) mass is 272 g/mol. The predicted octanol–water partition coefficient (Wildman–Crippen LogP) is 0.187. The van der Waals surface area contributed by atoms with Crippen molar-refractivity contribution < 1.29 is 9.90 Å². The Morgan fingerprint density at radius 3 is 2.80 bits per heavy atom. The summed E-state index contributed by atoms with van der Waals surface area (Å²) in [5, 5.41) is 11.0. The molecule has 2 N–H and O–H groups in total. The third-order valence-corrected chi connectivity index (χ3v) is 2.72. The average Bonchev–Trinajstić information content (AvgIpc) is 2.58. The molecule has 0 aliphatic carbocycles. The largest absolute Gasteiger partial charge is 0.475 e. The van der Waals surface area contributed by atoms with E-state index in [9.17, 15) is 9.59 Å². The van der Waals surface area contributed by atoms with Gasteiger partial charge < -0.3 is 5.11 Å². The standard InChI is InChI=1S/C7H5BrN4O3/c1-2-3(8)5(13)12-7(9-2)10-4(11-12)6(14)15/h1H3,(H,14,15)(H,9,10,11). The third kappa shape index (κ3) is 1.42. The van der Waals surface area contributed by atoms with Gasteiger partial charge >= 0.3 is 5.97 Å². The molecule has 0 aliphatic heterocycles. The van der Waals surface area contributed by atoms with Crippen LogP contribution in [0, 0.1) is 6.92 Å². The predicted molar refractivity (Wildman–Crippen MR) is 53.0 cm³/mol. The number of aryl methyl sites for hydroxylation is 1. The molecule has 0 radical (unpaired) electrons. The van der Waals surface area contributed by atoms with Gasteiger partial charge in [0, 0.05) is 0 Å². The second-order valence-corrected chi connectivity index (χ2v) is 3.62. The van der Waals surface area contributed by atoms with Gasteiger partial charge in [-0.1, -0.05) is 0 Å². The zero-order chi connectivity index (χ0) is 11.2. The van der Waals surface area contributed by atoms with E-state index in [1.54, 1.807) is 6.92 Å². The van der Waals surface area contributed by atoms with E-state index in [1.807, 2.05) is 0 Å². The van der Waals surface area contributed by atoms with Crippen LogP contribution in [0.5, 0.6) is 0 Å². The minimum Gasteiger partial charge on any atom is -0.475 e. The van der Waals surface area contributed by atoms with Crippen molar-refractivity contribution in [3.05, 3.63) is 26.3 Å². The molecule has 0 aromatic carbocycles. The molecule has 0 atom stereocenters. The number of carbonyl (C=O) groups is 1. The van der Waals surface area contributed by atoms with Gasteiger partial charge in [-0.25, -0.2) is 9.78 Å². The van der Waals surface area contributed by atoms with Gasteiger partial charge in [0.1, 0.15) is 4.47 Å². The van der Waals surface area contributed by atoms with E-state index in [1.165, 1.54) is 0 Å². The third-order valence-electron chi connectivity index (χ3n) is 1.81. The fourth-order valence-corrected chi connectivity index (χ4v) is 1.36. The number of halogens is 1. The van der Waals surface area contributed by atoms with Gasteiger partial charge in [0.05, 0.1) is 5.69 Å². The highest BCUT2D eigenvalue weighted by molar-refractivity contribution is 9.10. The lowest BCUT2D eigenvalue weighted by Gasteiger charge is -1.95. The highest BCUT2D eigenvalue weighted by atomic mass is 79.9. The molecule has 7 nitrogen and oxygen atoms in total. The van der Waals surface area contributed by atoms with Crippen molar-refractivity contribution in [3.8, 4) is 0 Å². The molecule has 2 heterocycles. The summed E-state index contributed by atoms with van der Waals surface area (Å²) in [5.41, 5.74) is 0.0425. The molecule has 0 spiro atoms. The Morgan fingerprint density at radius 1 is 1.53 bits per heavy atom. The first-order chi connectivity index (χ1) is 7.00. The Balaban J connectivity index is 2.88. The molecule has 78 valence electrons. The van der Waals surface area contributed by atoms with Crippen LogP contribution in [0.2, 0.25) is 0 Å². The number of aromatic carboxylic acids is 1. The molecule has 0 unspecified atom stereocenters. The number of nitrogens with one attached hydrogen (secondary N) is 1. The second-order valence-electron chi connectivity index (χ2n) is 2.83. The summed E-state index contributed by atoms with van der Waals surface area (Å²) < 4.78 is 1.25. The summed E-state index contributed by atoms with van der Waals surface area (Å²) in [6.45, 7) is 1.63. The van der Waals surface area contributed by atoms with Gasteiger partial charge in [0.2, 0.25) is 5.82 Å². The van der Waals surface area contributed by atoms with E-state index in [0.29, 0.717) is 5.69 Å². The summed E-state index contributed by atoms with van der Waals surface area (Å²) >= 11 is 3.06. The maximum atomic E-state index is 11.6. The lowest BCUT2D eigenvalue weighted by atomic mass is 10.4. The molecule has 2 rings (SSSR count). The molecule has 0 fully saturated rings. The number of carboxylic acid groups (broad SMARTS) is 1. The van der Waals surface area contributed by atoms with Crippen molar-refractivity contribution in [1.82, 2.24) is 19.6 Å². The van der Waals surface area contributed by atoms with E-state index in [-0.39, 0.29) is 16.1 Å². The Hall–Kier alpha value is -1.70. The Morgan fingerprint density at radius 2 is 2.20 bits per heavy atom. The summed E-state index contributed by atoms with van der Waals surface area (Å²) in [7, 11) is 0. The fraction of sp³-hybridized carbons (Fsp3) is 0.143. The quantitative estimate of drug-likeness (QED) is 0.772. The number of hydrogen-bond acceptors (Lipinski definition) is 4. The van der Waals surface area contributed by atoms with Crippen molar-refractivity contribution in [2.24, 2.45) is 0 Å². The van der Waals surface area contributed by atoms with Crippen LogP contribution in [0.1, 0.15) is 16.3 Å². The Labute approximate surface area is 90.9 Å². The van der Waals surface area contributed by atoms with E-state index >= 15 is 0 Å². The summed E-state index contributed by atoms with van der Waals surface area (Å²) in [6, 6.07) is 0. The van der Waals surface area contributed by atoms with Crippen LogP contribution in [0.25, 0.3) is 5.78 Å². The number of aromatic amines is 1. The number of hydrogen-bond donors (Lipinski definition) is 2. The molecule has 0 bridgehead atoms. The maximum absolute atomic E-state index is 11.6. The molecule has 15 heavy (non-hydrogen) atoms. The SMILES string of the molecule is Cc1nc2nc(C(=O)O)[nH]n2c(=O)c1Br. The lowest BCUT2D eigenvalue weighted by Crippen LogP contribution is -2.17. The molecule has 0 amide bonds. The van der Waals surface area contributed by atoms with E-state index in [2.05, 4.69) is 31.0 Å². The van der Waals surface area contributed by atoms with Crippen LogP contribution < -0.4 is 5.56 Å². The number of rotatable bonds is 1. The van der Waals surface area contributed by atoms with Gasteiger partial charge in [-0.2, -0.15) is 9.50 Å². The summed E-state index contributed by atoms with van der Waals surface area (Å²) in [4.78, 5) is 29.8. The number of fused-ring (bicyclic) bond motifs is 1. The highest BCUT2D eigenvalue weighted by Crippen LogP contribution is 2.08. The number of carboxylic acids is 1.